The lowest BCUT2D eigenvalue weighted by atomic mass is 9.73. The summed E-state index contributed by atoms with van der Waals surface area (Å²) in [6.45, 7) is 8.93. The Morgan fingerprint density at radius 2 is 1.84 bits per heavy atom. The van der Waals surface area contributed by atoms with Gasteiger partial charge in [-0.05, 0) is 82.3 Å². The SMILES string of the molecule is C=C(CCF)C(=O)N1CCC2(CC1)C(=O)N([C@H]1C[C@@H](N3CCCCC3)C1)c1cc(-c3cc4ncn(CC)c4c(Nc4ccncc4F)n3)ccc12. The van der Waals surface area contributed by atoms with Crippen LogP contribution >= 0.6 is 0 Å². The van der Waals surface area contributed by atoms with Gasteiger partial charge in [0.2, 0.25) is 11.8 Å². The van der Waals surface area contributed by atoms with Crippen LogP contribution in [0.4, 0.5) is 26.0 Å². The molecule has 2 saturated heterocycles. The summed E-state index contributed by atoms with van der Waals surface area (Å²) in [6.07, 6.45) is 11.1. The van der Waals surface area contributed by atoms with E-state index in [1.165, 1.54) is 31.7 Å². The van der Waals surface area contributed by atoms with Crippen LogP contribution in [-0.2, 0) is 21.5 Å². The third-order valence-electron chi connectivity index (χ3n) is 11.6. The minimum Gasteiger partial charge on any atom is -0.339 e. The number of carbonyl (C=O) groups excluding carboxylic acids is 2. The molecule has 1 aliphatic carbocycles. The van der Waals surface area contributed by atoms with Crippen LogP contribution in [0, 0.1) is 5.82 Å². The van der Waals surface area contributed by atoms with Gasteiger partial charge in [0.25, 0.3) is 0 Å². The summed E-state index contributed by atoms with van der Waals surface area (Å²) in [5.41, 5.74) is 4.65. The molecule has 1 N–H and O–H groups in total. The van der Waals surface area contributed by atoms with Crippen LogP contribution in [-0.4, -0.2) is 86.1 Å². The Morgan fingerprint density at radius 1 is 1.06 bits per heavy atom. The van der Waals surface area contributed by atoms with Crippen molar-refractivity contribution in [3.63, 3.8) is 0 Å². The van der Waals surface area contributed by atoms with Gasteiger partial charge >= 0.3 is 0 Å². The number of fused-ring (bicyclic) bond motifs is 3. The summed E-state index contributed by atoms with van der Waals surface area (Å²) in [5.74, 6) is -0.134. The van der Waals surface area contributed by atoms with Gasteiger partial charge in [-0.15, -0.1) is 0 Å². The van der Waals surface area contributed by atoms with Gasteiger partial charge in [-0.1, -0.05) is 25.1 Å². The second-order valence-corrected chi connectivity index (χ2v) is 14.4. The molecule has 3 fully saturated rings. The van der Waals surface area contributed by atoms with Crippen molar-refractivity contribution in [3.05, 3.63) is 72.6 Å². The van der Waals surface area contributed by atoms with E-state index in [4.69, 9.17) is 4.98 Å². The monoisotopic (exact) mass is 694 g/mol. The molecule has 4 aliphatic rings. The standard InChI is InChI=1S/C39H44F2N8O2/c1-3-46-24-43-33-22-32(45-36(35(33)46)44-31-10-14-42-23-30(31)41)26-7-8-29-34(19-26)49(28-20-27(21-28)47-15-5-4-6-16-47)38(51)39(29)11-17-48(18-12-39)37(50)25(2)9-13-40/h7-8,10,14,19,22-24,27-28H,2-6,9,11-13,15-18,20-21H2,1H3,(H,42,44,45)/t27-,28+. The van der Waals surface area contributed by atoms with Crippen LogP contribution in [0.2, 0.25) is 0 Å². The van der Waals surface area contributed by atoms with Gasteiger partial charge in [0.1, 0.15) is 5.52 Å². The number of benzene rings is 1. The summed E-state index contributed by atoms with van der Waals surface area (Å²) in [4.78, 5) is 47.7. The highest BCUT2D eigenvalue weighted by Crippen LogP contribution is 2.52. The fourth-order valence-electron chi connectivity index (χ4n) is 8.66. The number of pyridine rings is 2. The Morgan fingerprint density at radius 3 is 2.57 bits per heavy atom. The number of aromatic nitrogens is 4. The van der Waals surface area contributed by atoms with E-state index in [0.29, 0.717) is 50.0 Å². The van der Waals surface area contributed by atoms with Crippen molar-refractivity contribution in [2.24, 2.45) is 0 Å². The highest BCUT2D eigenvalue weighted by molar-refractivity contribution is 6.09. The van der Waals surface area contributed by atoms with Crippen LogP contribution < -0.4 is 10.2 Å². The number of alkyl halides is 1. The minimum absolute atomic E-state index is 0.0197. The first-order chi connectivity index (χ1) is 24.8. The second-order valence-electron chi connectivity index (χ2n) is 14.4. The zero-order valence-corrected chi connectivity index (χ0v) is 29.1. The van der Waals surface area contributed by atoms with Crippen LogP contribution in [0.15, 0.2) is 61.2 Å². The fraction of sp³-hybridized carbons (Fsp3) is 0.462. The molecule has 51 heavy (non-hydrogen) atoms. The number of rotatable bonds is 9. The van der Waals surface area contributed by atoms with Crippen LogP contribution in [0.1, 0.15) is 63.9 Å². The lowest BCUT2D eigenvalue weighted by Crippen LogP contribution is -2.58. The van der Waals surface area contributed by atoms with Gasteiger partial charge in [-0.25, -0.2) is 14.4 Å². The summed E-state index contributed by atoms with van der Waals surface area (Å²) in [6, 6.07) is 10.2. The van der Waals surface area contributed by atoms with Crippen molar-refractivity contribution in [2.45, 2.75) is 82.3 Å². The number of anilines is 3. The Bertz CT molecular complexity index is 1990. The number of piperidine rings is 2. The molecule has 4 aromatic rings. The molecule has 0 unspecified atom stereocenters. The van der Waals surface area contributed by atoms with Crippen LogP contribution in [0.3, 0.4) is 0 Å². The number of likely N-dealkylation sites (tertiary alicyclic amines) is 2. The fourth-order valence-corrected chi connectivity index (χ4v) is 8.66. The van der Waals surface area contributed by atoms with E-state index in [9.17, 15) is 18.4 Å². The van der Waals surface area contributed by atoms with E-state index >= 15 is 0 Å². The third-order valence-corrected chi connectivity index (χ3v) is 11.6. The molecule has 266 valence electrons. The first-order valence-electron chi connectivity index (χ1n) is 18.3. The third kappa shape index (κ3) is 5.77. The molecule has 12 heteroatoms. The molecule has 6 heterocycles. The van der Waals surface area contributed by atoms with Gasteiger partial charge in [-0.2, -0.15) is 0 Å². The van der Waals surface area contributed by atoms with Crippen molar-refractivity contribution in [3.8, 4) is 11.3 Å². The summed E-state index contributed by atoms with van der Waals surface area (Å²) in [5, 5.41) is 3.19. The normalized spacial score (nSPS) is 21.6. The number of hydrogen-bond donors (Lipinski definition) is 1. The van der Waals surface area contributed by atoms with E-state index in [1.54, 1.807) is 17.3 Å². The molecule has 2 amide bonds. The lowest BCUT2D eigenvalue weighted by Gasteiger charge is -2.48. The van der Waals surface area contributed by atoms with Gasteiger partial charge in [0.05, 0.1) is 41.5 Å². The van der Waals surface area contributed by atoms with Crippen LogP contribution in [0.5, 0.6) is 0 Å². The zero-order chi connectivity index (χ0) is 35.3. The number of aryl methyl sites for hydroxylation is 1. The molecule has 1 spiro atoms. The summed E-state index contributed by atoms with van der Waals surface area (Å²) >= 11 is 0. The zero-order valence-electron chi connectivity index (χ0n) is 29.1. The predicted octanol–water partition coefficient (Wildman–Crippen LogP) is 6.54. The number of nitrogens with zero attached hydrogens (tertiary/aromatic N) is 7. The first kappa shape index (κ1) is 33.4. The number of hydrogen-bond acceptors (Lipinski definition) is 7. The molecule has 0 radical (unpaired) electrons. The average Bonchev–Trinajstić information content (AvgIpc) is 3.66. The molecular weight excluding hydrogens is 650 g/mol. The molecule has 1 aromatic carbocycles. The van der Waals surface area contributed by atoms with E-state index in [2.05, 4.69) is 43.8 Å². The quantitative estimate of drug-likeness (QED) is 0.199. The Kier molecular flexibility index (Phi) is 8.81. The Balaban J connectivity index is 1.16. The van der Waals surface area contributed by atoms with Crippen molar-refractivity contribution in [2.75, 3.05) is 43.1 Å². The first-order valence-corrected chi connectivity index (χ1v) is 18.3. The molecule has 10 nitrogen and oxygen atoms in total. The largest absolute Gasteiger partial charge is 0.339 e. The molecule has 8 rings (SSSR count). The number of nitrogens with one attached hydrogen (secondary N) is 1. The Labute approximate surface area is 296 Å². The summed E-state index contributed by atoms with van der Waals surface area (Å²) < 4.78 is 29.7. The van der Waals surface area contributed by atoms with Crippen molar-refractivity contribution in [1.29, 1.82) is 0 Å². The molecular formula is C39H44F2N8O2. The highest BCUT2D eigenvalue weighted by atomic mass is 19.1. The number of halogens is 2. The lowest BCUT2D eigenvalue weighted by molar-refractivity contribution is -0.133. The van der Waals surface area contributed by atoms with Gasteiger partial charge < -0.3 is 24.6 Å². The Hall–Kier alpha value is -4.71. The molecule has 3 aromatic heterocycles. The van der Waals surface area contributed by atoms with Gasteiger partial charge in [0, 0.05) is 61.2 Å². The topological polar surface area (TPSA) is 99.5 Å². The molecule has 0 atom stereocenters. The maximum atomic E-state index is 14.8. The maximum Gasteiger partial charge on any atom is 0.249 e. The van der Waals surface area contributed by atoms with E-state index in [0.717, 1.165) is 53.8 Å². The molecule has 1 saturated carbocycles. The van der Waals surface area contributed by atoms with E-state index in [1.807, 2.05) is 23.6 Å². The summed E-state index contributed by atoms with van der Waals surface area (Å²) in [7, 11) is 0. The van der Waals surface area contributed by atoms with Gasteiger partial charge in [0.15, 0.2) is 11.6 Å². The van der Waals surface area contributed by atoms with E-state index in [-0.39, 0.29) is 35.5 Å². The van der Waals surface area contributed by atoms with E-state index < -0.39 is 17.9 Å². The highest BCUT2D eigenvalue weighted by Gasteiger charge is 2.56. The number of carbonyl (C=O) groups is 2. The van der Waals surface area contributed by atoms with Gasteiger partial charge in [-0.3, -0.25) is 19.0 Å². The minimum atomic E-state index is -0.745. The molecule has 3 aliphatic heterocycles. The number of amides is 2. The maximum absolute atomic E-state index is 14.8. The van der Waals surface area contributed by atoms with Crippen LogP contribution in [0.25, 0.3) is 22.3 Å². The predicted molar refractivity (Wildman–Crippen MR) is 193 cm³/mol. The van der Waals surface area contributed by atoms with Crippen molar-refractivity contribution >= 4 is 40.0 Å². The van der Waals surface area contributed by atoms with Crippen molar-refractivity contribution in [1.82, 2.24) is 29.3 Å². The average molecular weight is 695 g/mol. The second kappa shape index (κ2) is 13.4. The number of imidazole rings is 1. The molecule has 0 bridgehead atoms. The smallest absolute Gasteiger partial charge is 0.249 e. The van der Waals surface area contributed by atoms with Crippen molar-refractivity contribution < 1.29 is 18.4 Å².